The van der Waals surface area contributed by atoms with E-state index in [2.05, 4.69) is 30.9 Å². The van der Waals surface area contributed by atoms with Gasteiger partial charge < -0.3 is 10.1 Å². The highest BCUT2D eigenvalue weighted by Gasteiger charge is 2.18. The maximum atomic E-state index is 8.36. The van der Waals surface area contributed by atoms with E-state index in [0.29, 0.717) is 0 Å². The van der Waals surface area contributed by atoms with Crippen molar-refractivity contribution in [1.82, 2.24) is 24.8 Å². The number of aromatic nitrogens is 4. The Balaban J connectivity index is 0.000000659. The smallest absolute Gasteiger partial charge is 0.290 e. The van der Waals surface area contributed by atoms with Gasteiger partial charge in [-0.15, -0.1) is 0 Å². The molecule has 4 heterocycles. The molecule has 27 heavy (non-hydrogen) atoms. The lowest BCUT2D eigenvalue weighted by Crippen LogP contribution is -2.24. The predicted molar refractivity (Wildman–Crippen MR) is 103 cm³/mol. The number of pyridine rings is 2. The molecule has 0 bridgehead atoms. The van der Waals surface area contributed by atoms with Crippen LogP contribution in [-0.2, 0) is 17.8 Å². The topological polar surface area (TPSA) is 95.0 Å². The quantitative estimate of drug-likeness (QED) is 0.689. The average Bonchev–Trinajstić information content (AvgIpc) is 3.10. The van der Waals surface area contributed by atoms with Crippen LogP contribution in [0.4, 0.5) is 0 Å². The van der Waals surface area contributed by atoms with Gasteiger partial charge in [-0.05, 0) is 62.4 Å². The van der Waals surface area contributed by atoms with Crippen LogP contribution >= 0.6 is 0 Å². The third kappa shape index (κ3) is 5.34. The Morgan fingerprint density at radius 2 is 2.07 bits per heavy atom. The molecule has 2 N–H and O–H groups in total. The second kappa shape index (κ2) is 9.78. The lowest BCUT2D eigenvalue weighted by atomic mass is 9.92. The highest BCUT2D eigenvalue weighted by molar-refractivity contribution is 5.80. The standard InChI is InChI=1S/C19H23N5.CH2O2/c1-2-15(5-9-24(8-1)13-17-11-21-14-23-17)10-16-3-7-22-19-4-6-20-12-18(16)19;2-1-3/h3-4,6-7,11-12,14-15H,1-2,5,8-10,13H2,(H,21,23);1H,(H,2,3). The first-order valence-electron chi connectivity index (χ1n) is 9.25. The first kappa shape index (κ1) is 19.0. The summed E-state index contributed by atoms with van der Waals surface area (Å²) in [6.45, 7) is 3.06. The van der Waals surface area contributed by atoms with Crippen LogP contribution in [-0.4, -0.2) is 49.5 Å². The maximum absolute atomic E-state index is 8.36. The average molecular weight is 367 g/mol. The van der Waals surface area contributed by atoms with E-state index in [1.165, 1.54) is 42.5 Å². The first-order valence-corrected chi connectivity index (χ1v) is 9.25. The molecule has 1 saturated heterocycles. The summed E-state index contributed by atoms with van der Waals surface area (Å²) < 4.78 is 0. The number of H-pyrrole nitrogens is 1. The van der Waals surface area contributed by atoms with Crippen LogP contribution in [0.25, 0.3) is 10.9 Å². The van der Waals surface area contributed by atoms with Gasteiger partial charge in [-0.25, -0.2) is 4.98 Å². The molecule has 3 aromatic rings. The van der Waals surface area contributed by atoms with Crippen LogP contribution in [0.1, 0.15) is 30.5 Å². The van der Waals surface area contributed by atoms with Crippen molar-refractivity contribution in [3.63, 3.8) is 0 Å². The number of aromatic amines is 1. The molecule has 7 heteroatoms. The number of hydrogen-bond donors (Lipinski definition) is 2. The van der Waals surface area contributed by atoms with Crippen LogP contribution in [0.15, 0.2) is 43.2 Å². The molecule has 0 radical (unpaired) electrons. The molecule has 142 valence electrons. The van der Waals surface area contributed by atoms with Gasteiger partial charge >= 0.3 is 0 Å². The minimum Gasteiger partial charge on any atom is -0.483 e. The second-order valence-corrected chi connectivity index (χ2v) is 6.82. The Bertz CT molecular complexity index is 832. The Kier molecular flexibility index (Phi) is 6.87. The summed E-state index contributed by atoms with van der Waals surface area (Å²) >= 11 is 0. The van der Waals surface area contributed by atoms with Gasteiger partial charge in [-0.3, -0.25) is 19.7 Å². The number of rotatable bonds is 4. The van der Waals surface area contributed by atoms with Gasteiger partial charge in [0.15, 0.2) is 0 Å². The highest BCUT2D eigenvalue weighted by Crippen LogP contribution is 2.25. The molecule has 3 aromatic heterocycles. The van der Waals surface area contributed by atoms with Crippen molar-refractivity contribution in [3.8, 4) is 0 Å². The number of imidazole rings is 1. The van der Waals surface area contributed by atoms with Crippen molar-refractivity contribution in [2.75, 3.05) is 13.1 Å². The van der Waals surface area contributed by atoms with E-state index in [9.17, 15) is 0 Å². The largest absolute Gasteiger partial charge is 0.483 e. The van der Waals surface area contributed by atoms with Crippen LogP contribution < -0.4 is 0 Å². The van der Waals surface area contributed by atoms with Gasteiger partial charge in [0.05, 0.1) is 11.8 Å². The Labute approximate surface area is 158 Å². The summed E-state index contributed by atoms with van der Waals surface area (Å²) in [5, 5.41) is 8.10. The van der Waals surface area contributed by atoms with Crippen molar-refractivity contribution < 1.29 is 9.90 Å². The molecule has 1 aliphatic heterocycles. The van der Waals surface area contributed by atoms with E-state index in [-0.39, 0.29) is 6.47 Å². The fraction of sp³-hybridized carbons (Fsp3) is 0.400. The summed E-state index contributed by atoms with van der Waals surface area (Å²) in [6, 6.07) is 4.16. The number of carboxylic acid groups (broad SMARTS) is 1. The zero-order chi connectivity index (χ0) is 18.9. The second-order valence-electron chi connectivity index (χ2n) is 6.82. The number of nitrogens with zero attached hydrogens (tertiary/aromatic N) is 4. The molecule has 7 nitrogen and oxygen atoms in total. The first-order chi connectivity index (χ1) is 13.3. The van der Waals surface area contributed by atoms with Gasteiger partial charge in [-0.2, -0.15) is 0 Å². The number of nitrogens with one attached hydrogen (secondary N) is 1. The number of carbonyl (C=O) groups is 1. The molecule has 0 aromatic carbocycles. The van der Waals surface area contributed by atoms with Crippen molar-refractivity contribution in [2.24, 2.45) is 5.92 Å². The van der Waals surface area contributed by atoms with Crippen molar-refractivity contribution in [2.45, 2.75) is 32.2 Å². The normalized spacial score (nSPS) is 17.7. The van der Waals surface area contributed by atoms with Crippen molar-refractivity contribution in [3.05, 3.63) is 54.5 Å². The molecular weight excluding hydrogens is 342 g/mol. The van der Waals surface area contributed by atoms with Gasteiger partial charge in [0.25, 0.3) is 6.47 Å². The molecule has 0 amide bonds. The lowest BCUT2D eigenvalue weighted by Gasteiger charge is -2.19. The molecule has 0 saturated carbocycles. The molecular formula is C20H25N5O2. The zero-order valence-electron chi connectivity index (χ0n) is 15.3. The monoisotopic (exact) mass is 367 g/mol. The van der Waals surface area contributed by atoms with Crippen LogP contribution in [0.2, 0.25) is 0 Å². The Morgan fingerprint density at radius 1 is 1.19 bits per heavy atom. The maximum Gasteiger partial charge on any atom is 0.290 e. The van der Waals surface area contributed by atoms with Crippen LogP contribution in [0, 0.1) is 5.92 Å². The molecule has 0 spiro atoms. The van der Waals surface area contributed by atoms with Crippen LogP contribution in [0.5, 0.6) is 0 Å². The fourth-order valence-corrected chi connectivity index (χ4v) is 3.73. The van der Waals surface area contributed by atoms with E-state index >= 15 is 0 Å². The van der Waals surface area contributed by atoms with Gasteiger partial charge in [0, 0.05) is 42.4 Å². The minimum absolute atomic E-state index is 0.250. The SMILES string of the molecule is O=CO.c1cc2nccc(CC3CCCN(Cc4cnc[nH]4)CC3)c2cn1. The van der Waals surface area contributed by atoms with Gasteiger partial charge in [0.2, 0.25) is 0 Å². The fourth-order valence-electron chi connectivity index (χ4n) is 3.73. The van der Waals surface area contributed by atoms with Gasteiger partial charge in [0.1, 0.15) is 0 Å². The molecule has 4 rings (SSSR count). The molecule has 1 unspecified atom stereocenters. The lowest BCUT2D eigenvalue weighted by molar-refractivity contribution is -0.122. The number of likely N-dealkylation sites (tertiary alicyclic amines) is 1. The summed E-state index contributed by atoms with van der Waals surface area (Å²) in [5.74, 6) is 0.738. The number of hydrogen-bond acceptors (Lipinski definition) is 5. The molecule has 1 fully saturated rings. The summed E-state index contributed by atoms with van der Waals surface area (Å²) in [6.07, 6.45) is 14.3. The zero-order valence-corrected chi connectivity index (χ0v) is 15.3. The molecule has 0 aliphatic carbocycles. The van der Waals surface area contributed by atoms with Crippen molar-refractivity contribution >= 4 is 17.4 Å². The van der Waals surface area contributed by atoms with Gasteiger partial charge in [-0.1, -0.05) is 0 Å². The number of fused-ring (bicyclic) bond motifs is 1. The summed E-state index contributed by atoms with van der Waals surface area (Å²) in [5.41, 5.74) is 3.65. The Morgan fingerprint density at radius 3 is 2.89 bits per heavy atom. The van der Waals surface area contributed by atoms with E-state index in [1.54, 1.807) is 6.33 Å². The van der Waals surface area contributed by atoms with Crippen molar-refractivity contribution in [1.29, 1.82) is 0 Å². The van der Waals surface area contributed by atoms with E-state index in [1.807, 2.05) is 30.9 Å². The summed E-state index contributed by atoms with van der Waals surface area (Å²) in [7, 11) is 0. The van der Waals surface area contributed by atoms with Crippen LogP contribution in [0.3, 0.4) is 0 Å². The molecule has 1 atom stereocenters. The Hall–Kier alpha value is -2.80. The third-order valence-electron chi connectivity index (χ3n) is 5.03. The van der Waals surface area contributed by atoms with E-state index in [0.717, 1.165) is 30.9 Å². The van der Waals surface area contributed by atoms with E-state index < -0.39 is 0 Å². The van der Waals surface area contributed by atoms with E-state index in [4.69, 9.17) is 9.90 Å². The predicted octanol–water partition coefficient (Wildman–Crippen LogP) is 2.90. The highest BCUT2D eigenvalue weighted by atomic mass is 16.3. The third-order valence-corrected chi connectivity index (χ3v) is 5.03. The summed E-state index contributed by atoms with van der Waals surface area (Å²) in [4.78, 5) is 27.0. The molecule has 1 aliphatic rings. The minimum atomic E-state index is -0.250.